The van der Waals surface area contributed by atoms with Gasteiger partial charge in [0.15, 0.2) is 0 Å². The van der Waals surface area contributed by atoms with Gasteiger partial charge < -0.3 is 10.6 Å². The average Bonchev–Trinajstić information content (AvgIpc) is 2.57. The van der Waals surface area contributed by atoms with Gasteiger partial charge in [0.05, 0.1) is 6.04 Å². The number of carbonyl (C=O) groups excluding carboxylic acids is 1. The van der Waals surface area contributed by atoms with Gasteiger partial charge in [-0.2, -0.15) is 0 Å². The summed E-state index contributed by atoms with van der Waals surface area (Å²) >= 11 is 6.28. The molecule has 0 aromatic heterocycles. The first-order valence-corrected chi connectivity index (χ1v) is 8.23. The molecule has 2 N–H and O–H groups in total. The van der Waals surface area contributed by atoms with Gasteiger partial charge in [-0.25, -0.2) is 0 Å². The first-order chi connectivity index (χ1) is 11.1. The van der Waals surface area contributed by atoms with Gasteiger partial charge in [0.2, 0.25) is 5.91 Å². The highest BCUT2D eigenvalue weighted by atomic mass is 35.5. The van der Waals surface area contributed by atoms with Crippen molar-refractivity contribution in [2.75, 3.05) is 13.6 Å². The molecular weight excluding hydrogens is 308 g/mol. The van der Waals surface area contributed by atoms with Crippen LogP contribution in [-0.2, 0) is 11.2 Å². The van der Waals surface area contributed by atoms with E-state index in [1.807, 2.05) is 68.6 Å². The van der Waals surface area contributed by atoms with E-state index in [0.29, 0.717) is 13.0 Å². The molecule has 0 heterocycles. The molecule has 0 fully saturated rings. The molecule has 0 spiro atoms. The summed E-state index contributed by atoms with van der Waals surface area (Å²) in [5, 5.41) is 6.92. The molecule has 2 aromatic carbocycles. The molecule has 3 nitrogen and oxygen atoms in total. The molecule has 2 aromatic rings. The van der Waals surface area contributed by atoms with Crippen LogP contribution in [0.3, 0.4) is 0 Å². The number of hydrogen-bond acceptors (Lipinski definition) is 2. The van der Waals surface area contributed by atoms with E-state index in [1.54, 1.807) is 0 Å². The smallest absolute Gasteiger partial charge is 0.224 e. The largest absolute Gasteiger partial charge is 0.349 e. The molecule has 23 heavy (non-hydrogen) atoms. The van der Waals surface area contributed by atoms with Crippen molar-refractivity contribution >= 4 is 17.5 Å². The van der Waals surface area contributed by atoms with Crippen molar-refractivity contribution in [2.24, 2.45) is 5.92 Å². The van der Waals surface area contributed by atoms with Gasteiger partial charge in [0.1, 0.15) is 0 Å². The maximum absolute atomic E-state index is 12.4. The van der Waals surface area contributed by atoms with Crippen molar-refractivity contribution in [3.63, 3.8) is 0 Å². The highest BCUT2D eigenvalue weighted by Gasteiger charge is 2.19. The van der Waals surface area contributed by atoms with Crippen molar-refractivity contribution in [2.45, 2.75) is 19.4 Å². The van der Waals surface area contributed by atoms with Crippen LogP contribution < -0.4 is 10.6 Å². The first kappa shape index (κ1) is 17.5. The predicted molar refractivity (Wildman–Crippen MR) is 95.6 cm³/mol. The number of nitrogens with one attached hydrogen (secondary N) is 2. The summed E-state index contributed by atoms with van der Waals surface area (Å²) in [5.41, 5.74) is 2.11. The second-order valence-corrected chi connectivity index (χ2v) is 6.13. The first-order valence-electron chi connectivity index (χ1n) is 7.85. The molecule has 0 aliphatic carbocycles. The second kappa shape index (κ2) is 8.70. The lowest BCUT2D eigenvalue weighted by Crippen LogP contribution is -2.37. The van der Waals surface area contributed by atoms with Crippen molar-refractivity contribution in [1.82, 2.24) is 10.6 Å². The van der Waals surface area contributed by atoms with Crippen LogP contribution in [0.15, 0.2) is 54.6 Å². The fourth-order valence-electron chi connectivity index (χ4n) is 2.53. The van der Waals surface area contributed by atoms with E-state index < -0.39 is 0 Å². The maximum atomic E-state index is 12.4. The highest BCUT2D eigenvalue weighted by Crippen LogP contribution is 2.23. The summed E-state index contributed by atoms with van der Waals surface area (Å²) in [6.45, 7) is 2.57. The Labute approximate surface area is 143 Å². The number of rotatable bonds is 7. The lowest BCUT2D eigenvalue weighted by Gasteiger charge is -2.22. The third-order valence-corrected chi connectivity index (χ3v) is 4.23. The quantitative estimate of drug-likeness (QED) is 0.814. The molecule has 1 amide bonds. The molecule has 122 valence electrons. The Morgan fingerprint density at radius 1 is 1.09 bits per heavy atom. The highest BCUT2D eigenvalue weighted by molar-refractivity contribution is 6.31. The van der Waals surface area contributed by atoms with E-state index in [9.17, 15) is 4.79 Å². The minimum Gasteiger partial charge on any atom is -0.349 e. The Balaban J connectivity index is 2.19. The second-order valence-electron chi connectivity index (χ2n) is 5.73. The van der Waals surface area contributed by atoms with Crippen LogP contribution in [-0.4, -0.2) is 19.5 Å². The molecular formula is C19H23ClN2O. The average molecular weight is 331 g/mol. The lowest BCUT2D eigenvalue weighted by atomic mass is 9.98. The number of carbonyl (C=O) groups is 1. The van der Waals surface area contributed by atoms with Crippen LogP contribution in [0.25, 0.3) is 0 Å². The monoisotopic (exact) mass is 330 g/mol. The van der Waals surface area contributed by atoms with Crippen LogP contribution in [0.2, 0.25) is 5.02 Å². The Morgan fingerprint density at radius 3 is 2.39 bits per heavy atom. The fourth-order valence-corrected chi connectivity index (χ4v) is 2.75. The summed E-state index contributed by atoms with van der Waals surface area (Å²) < 4.78 is 0. The Kier molecular flexibility index (Phi) is 6.63. The van der Waals surface area contributed by atoms with Crippen molar-refractivity contribution < 1.29 is 4.79 Å². The van der Waals surface area contributed by atoms with Crippen molar-refractivity contribution in [3.8, 4) is 0 Å². The number of benzene rings is 2. The third kappa shape index (κ3) is 5.08. The number of halogens is 1. The fraction of sp³-hybridized carbons (Fsp3) is 0.316. The van der Waals surface area contributed by atoms with E-state index in [2.05, 4.69) is 10.6 Å². The van der Waals surface area contributed by atoms with Crippen LogP contribution in [0.5, 0.6) is 0 Å². The standard InChI is InChI=1S/C19H23ClN2O/c1-14(13-21-2)19(23)22-18(15-8-4-3-5-9-15)12-16-10-6-7-11-17(16)20/h3-11,14,18,21H,12-13H2,1-2H3,(H,22,23). The van der Waals surface area contributed by atoms with Gasteiger partial charge in [-0.15, -0.1) is 0 Å². The predicted octanol–water partition coefficient (Wildman–Crippen LogP) is 3.60. The third-order valence-electron chi connectivity index (χ3n) is 3.86. The van der Waals surface area contributed by atoms with E-state index in [1.165, 1.54) is 0 Å². The van der Waals surface area contributed by atoms with Gasteiger partial charge >= 0.3 is 0 Å². The molecule has 0 aliphatic heterocycles. The van der Waals surface area contributed by atoms with Crippen LogP contribution in [0, 0.1) is 5.92 Å². The Bertz CT molecular complexity index is 630. The summed E-state index contributed by atoms with van der Waals surface area (Å²) in [5.74, 6) is -0.0438. The van der Waals surface area contributed by atoms with Gasteiger partial charge in [-0.05, 0) is 30.7 Å². The zero-order valence-electron chi connectivity index (χ0n) is 13.6. The minimum atomic E-state index is -0.0945. The normalized spacial score (nSPS) is 13.3. The van der Waals surface area contributed by atoms with Crippen LogP contribution in [0.1, 0.15) is 24.1 Å². The van der Waals surface area contributed by atoms with E-state index in [4.69, 9.17) is 11.6 Å². The van der Waals surface area contributed by atoms with Gasteiger partial charge in [-0.1, -0.05) is 67.1 Å². The van der Waals surface area contributed by atoms with Crippen molar-refractivity contribution in [3.05, 3.63) is 70.7 Å². The topological polar surface area (TPSA) is 41.1 Å². The van der Waals surface area contributed by atoms with E-state index in [-0.39, 0.29) is 17.9 Å². The van der Waals surface area contributed by atoms with E-state index >= 15 is 0 Å². The molecule has 0 aliphatic rings. The molecule has 2 atom stereocenters. The van der Waals surface area contributed by atoms with Gasteiger partial charge in [-0.3, -0.25) is 4.79 Å². The molecule has 0 radical (unpaired) electrons. The zero-order valence-corrected chi connectivity index (χ0v) is 14.3. The summed E-state index contributed by atoms with van der Waals surface area (Å²) in [4.78, 5) is 12.4. The van der Waals surface area contributed by atoms with Crippen molar-refractivity contribution in [1.29, 1.82) is 0 Å². The molecule has 2 unspecified atom stereocenters. The molecule has 4 heteroatoms. The maximum Gasteiger partial charge on any atom is 0.224 e. The Morgan fingerprint density at radius 2 is 1.74 bits per heavy atom. The number of hydrogen-bond donors (Lipinski definition) is 2. The SMILES string of the molecule is CNCC(C)C(=O)NC(Cc1ccccc1Cl)c1ccccc1. The summed E-state index contributed by atoms with van der Waals surface area (Å²) in [6.07, 6.45) is 0.668. The lowest BCUT2D eigenvalue weighted by molar-refractivity contribution is -0.125. The Hall–Kier alpha value is -1.84. The molecule has 0 saturated carbocycles. The molecule has 0 bridgehead atoms. The minimum absolute atomic E-state index is 0.0419. The molecule has 2 rings (SSSR count). The molecule has 0 saturated heterocycles. The number of amides is 1. The van der Waals surface area contributed by atoms with Crippen LogP contribution >= 0.6 is 11.6 Å². The van der Waals surface area contributed by atoms with E-state index in [0.717, 1.165) is 16.1 Å². The van der Waals surface area contributed by atoms with Crippen LogP contribution in [0.4, 0.5) is 0 Å². The van der Waals surface area contributed by atoms with Gasteiger partial charge in [0.25, 0.3) is 0 Å². The zero-order chi connectivity index (χ0) is 16.7. The summed E-state index contributed by atoms with van der Waals surface area (Å²) in [7, 11) is 1.85. The van der Waals surface area contributed by atoms with Gasteiger partial charge in [0, 0.05) is 17.5 Å². The summed E-state index contributed by atoms with van der Waals surface area (Å²) in [6, 6.07) is 17.7.